The number of carbonyl (C=O) groups excluding carboxylic acids is 3. The van der Waals surface area contributed by atoms with Gasteiger partial charge in [0, 0.05) is 23.9 Å². The zero-order chi connectivity index (χ0) is 17.5. The Hall–Kier alpha value is -3.15. The van der Waals surface area contributed by atoms with Crippen molar-refractivity contribution in [1.82, 2.24) is 10.6 Å². The number of carbonyl (C=O) groups is 3. The molecule has 0 aliphatic carbocycles. The standard InChI is InChI=1S/C18H19N3O3/c1-12-14(18(24)19-2)9-6-10-15(12)21-16(22)11-20-17(23)13-7-4-3-5-8-13/h3-10H,11H2,1-2H3,(H,19,24)(H,20,23)(H,21,22). The maximum absolute atomic E-state index is 12.0. The van der Waals surface area contributed by atoms with E-state index in [4.69, 9.17) is 0 Å². The van der Waals surface area contributed by atoms with Crippen LogP contribution in [-0.4, -0.2) is 31.3 Å². The monoisotopic (exact) mass is 325 g/mol. The van der Waals surface area contributed by atoms with E-state index in [1.165, 1.54) is 0 Å². The van der Waals surface area contributed by atoms with Gasteiger partial charge in [-0.25, -0.2) is 0 Å². The zero-order valence-electron chi connectivity index (χ0n) is 13.6. The molecule has 0 atom stereocenters. The van der Waals surface area contributed by atoms with Crippen molar-refractivity contribution in [1.29, 1.82) is 0 Å². The number of rotatable bonds is 5. The summed E-state index contributed by atoms with van der Waals surface area (Å²) in [6.45, 7) is 1.60. The lowest BCUT2D eigenvalue weighted by atomic mass is 10.1. The van der Waals surface area contributed by atoms with Crippen LogP contribution in [-0.2, 0) is 4.79 Å². The van der Waals surface area contributed by atoms with Gasteiger partial charge in [0.2, 0.25) is 5.91 Å². The molecule has 0 aliphatic rings. The zero-order valence-corrected chi connectivity index (χ0v) is 13.6. The third kappa shape index (κ3) is 4.19. The van der Waals surface area contributed by atoms with E-state index < -0.39 is 0 Å². The summed E-state index contributed by atoms with van der Waals surface area (Å²) in [4.78, 5) is 35.7. The van der Waals surface area contributed by atoms with Crippen molar-refractivity contribution in [2.45, 2.75) is 6.92 Å². The van der Waals surface area contributed by atoms with Crippen molar-refractivity contribution in [3.63, 3.8) is 0 Å². The largest absolute Gasteiger partial charge is 0.355 e. The third-order valence-electron chi connectivity index (χ3n) is 3.53. The van der Waals surface area contributed by atoms with E-state index >= 15 is 0 Å². The number of hydrogen-bond donors (Lipinski definition) is 3. The molecule has 2 aromatic rings. The Bertz CT molecular complexity index is 757. The number of hydrogen-bond acceptors (Lipinski definition) is 3. The lowest BCUT2D eigenvalue weighted by Gasteiger charge is -2.12. The van der Waals surface area contributed by atoms with Crippen LogP contribution in [0.4, 0.5) is 5.69 Å². The molecule has 0 bridgehead atoms. The van der Waals surface area contributed by atoms with E-state index in [1.807, 2.05) is 6.07 Å². The Balaban J connectivity index is 1.98. The van der Waals surface area contributed by atoms with Crippen LogP contribution < -0.4 is 16.0 Å². The summed E-state index contributed by atoms with van der Waals surface area (Å²) < 4.78 is 0. The quantitative estimate of drug-likeness (QED) is 0.782. The molecular formula is C18H19N3O3. The van der Waals surface area contributed by atoms with E-state index in [-0.39, 0.29) is 24.3 Å². The minimum atomic E-state index is -0.364. The van der Waals surface area contributed by atoms with Gasteiger partial charge >= 0.3 is 0 Å². The van der Waals surface area contributed by atoms with Crippen LogP contribution in [0.3, 0.4) is 0 Å². The van der Waals surface area contributed by atoms with Gasteiger partial charge in [0.05, 0.1) is 6.54 Å². The van der Waals surface area contributed by atoms with Crippen molar-refractivity contribution >= 4 is 23.4 Å². The minimum Gasteiger partial charge on any atom is -0.355 e. The molecule has 0 aromatic heterocycles. The molecule has 0 spiro atoms. The Labute approximate surface area is 140 Å². The summed E-state index contributed by atoms with van der Waals surface area (Å²) in [5, 5.41) is 7.81. The molecule has 2 aromatic carbocycles. The summed E-state index contributed by atoms with van der Waals surface area (Å²) in [5.74, 6) is -0.904. The highest BCUT2D eigenvalue weighted by Gasteiger charge is 2.13. The molecule has 124 valence electrons. The molecule has 0 fully saturated rings. The second kappa shape index (κ2) is 7.92. The van der Waals surface area contributed by atoms with E-state index in [0.29, 0.717) is 22.4 Å². The second-order valence-corrected chi connectivity index (χ2v) is 5.15. The summed E-state index contributed by atoms with van der Waals surface area (Å²) in [7, 11) is 1.55. The molecule has 3 amide bonds. The molecular weight excluding hydrogens is 306 g/mol. The van der Waals surface area contributed by atoms with Crippen molar-refractivity contribution < 1.29 is 14.4 Å². The fraction of sp³-hybridized carbons (Fsp3) is 0.167. The second-order valence-electron chi connectivity index (χ2n) is 5.15. The van der Waals surface area contributed by atoms with Crippen LogP contribution in [0.15, 0.2) is 48.5 Å². The van der Waals surface area contributed by atoms with E-state index in [0.717, 1.165) is 0 Å². The van der Waals surface area contributed by atoms with Gasteiger partial charge in [-0.2, -0.15) is 0 Å². The number of benzene rings is 2. The maximum atomic E-state index is 12.0. The molecule has 0 unspecified atom stereocenters. The highest BCUT2D eigenvalue weighted by molar-refractivity contribution is 6.01. The first-order valence-corrected chi connectivity index (χ1v) is 7.47. The smallest absolute Gasteiger partial charge is 0.251 e. The van der Waals surface area contributed by atoms with Crippen LogP contribution >= 0.6 is 0 Å². The van der Waals surface area contributed by atoms with Crippen LogP contribution in [0.25, 0.3) is 0 Å². The highest BCUT2D eigenvalue weighted by Crippen LogP contribution is 2.18. The molecule has 0 saturated heterocycles. The van der Waals surface area contributed by atoms with Crippen LogP contribution in [0, 0.1) is 6.92 Å². The summed E-state index contributed by atoms with van der Waals surface area (Å²) in [6.07, 6.45) is 0. The normalized spacial score (nSPS) is 9.92. The van der Waals surface area contributed by atoms with Gasteiger partial charge in [-0.1, -0.05) is 24.3 Å². The van der Waals surface area contributed by atoms with Crippen molar-refractivity contribution in [2.24, 2.45) is 0 Å². The van der Waals surface area contributed by atoms with Crippen molar-refractivity contribution in [3.8, 4) is 0 Å². The molecule has 0 saturated carbocycles. The summed E-state index contributed by atoms with van der Waals surface area (Å²) in [6, 6.07) is 13.7. The number of nitrogens with one attached hydrogen (secondary N) is 3. The fourth-order valence-corrected chi connectivity index (χ4v) is 2.20. The van der Waals surface area contributed by atoms with Crippen LogP contribution in [0.5, 0.6) is 0 Å². The molecule has 2 rings (SSSR count). The Kier molecular flexibility index (Phi) is 5.68. The molecule has 0 aliphatic heterocycles. The van der Waals surface area contributed by atoms with Crippen LogP contribution in [0.1, 0.15) is 26.3 Å². The summed E-state index contributed by atoms with van der Waals surface area (Å²) in [5.41, 5.74) is 2.18. The highest BCUT2D eigenvalue weighted by atomic mass is 16.2. The third-order valence-corrected chi connectivity index (χ3v) is 3.53. The molecule has 24 heavy (non-hydrogen) atoms. The maximum Gasteiger partial charge on any atom is 0.251 e. The van der Waals surface area contributed by atoms with E-state index in [2.05, 4.69) is 16.0 Å². The van der Waals surface area contributed by atoms with Gasteiger partial charge in [0.1, 0.15) is 0 Å². The predicted octanol–water partition coefficient (Wildman–Crippen LogP) is 1.72. The number of anilines is 1. The molecule has 3 N–H and O–H groups in total. The van der Waals surface area contributed by atoms with Gasteiger partial charge < -0.3 is 16.0 Å². The SMILES string of the molecule is CNC(=O)c1cccc(NC(=O)CNC(=O)c2ccccc2)c1C. The van der Waals surface area contributed by atoms with Crippen LogP contribution in [0.2, 0.25) is 0 Å². The topological polar surface area (TPSA) is 87.3 Å². The Morgan fingerprint density at radius 1 is 0.917 bits per heavy atom. The van der Waals surface area contributed by atoms with Gasteiger partial charge in [-0.05, 0) is 36.8 Å². The predicted molar refractivity (Wildman–Crippen MR) is 92.0 cm³/mol. The molecule has 6 nitrogen and oxygen atoms in total. The number of amides is 3. The average Bonchev–Trinajstić information content (AvgIpc) is 2.61. The minimum absolute atomic E-state index is 0.155. The van der Waals surface area contributed by atoms with Gasteiger partial charge in [0.15, 0.2) is 0 Å². The average molecular weight is 325 g/mol. The first-order valence-electron chi connectivity index (χ1n) is 7.47. The van der Waals surface area contributed by atoms with Crippen molar-refractivity contribution in [2.75, 3.05) is 18.9 Å². The molecule has 6 heteroatoms. The Morgan fingerprint density at radius 3 is 2.29 bits per heavy atom. The Morgan fingerprint density at radius 2 is 1.62 bits per heavy atom. The van der Waals surface area contributed by atoms with E-state index in [9.17, 15) is 14.4 Å². The van der Waals surface area contributed by atoms with Gasteiger partial charge in [-0.3, -0.25) is 14.4 Å². The van der Waals surface area contributed by atoms with Crippen molar-refractivity contribution in [3.05, 3.63) is 65.2 Å². The first-order chi connectivity index (χ1) is 11.5. The first kappa shape index (κ1) is 17.2. The molecule has 0 heterocycles. The lowest BCUT2D eigenvalue weighted by Crippen LogP contribution is -2.33. The van der Waals surface area contributed by atoms with Gasteiger partial charge in [0.25, 0.3) is 11.8 Å². The lowest BCUT2D eigenvalue weighted by molar-refractivity contribution is -0.115. The fourth-order valence-electron chi connectivity index (χ4n) is 2.20. The van der Waals surface area contributed by atoms with Gasteiger partial charge in [-0.15, -0.1) is 0 Å². The summed E-state index contributed by atoms with van der Waals surface area (Å²) >= 11 is 0. The van der Waals surface area contributed by atoms with E-state index in [1.54, 1.807) is 56.4 Å². The molecule has 0 radical (unpaired) electrons.